The smallest absolute Gasteiger partial charge is 0.267 e. The normalized spacial score (nSPS) is 11.2. The summed E-state index contributed by atoms with van der Waals surface area (Å²) in [5, 5.41) is 11.9. The van der Waals surface area contributed by atoms with E-state index >= 15 is 0 Å². The van der Waals surface area contributed by atoms with Crippen molar-refractivity contribution < 1.29 is 9.53 Å². The third kappa shape index (κ3) is 4.56. The fourth-order valence-corrected chi connectivity index (χ4v) is 3.76. The molecule has 1 amide bonds. The van der Waals surface area contributed by atoms with Crippen molar-refractivity contribution in [2.75, 3.05) is 20.3 Å². The van der Waals surface area contributed by atoms with E-state index in [2.05, 4.69) is 5.32 Å². The number of aryl methyl sites for hydroxylation is 2. The summed E-state index contributed by atoms with van der Waals surface area (Å²) in [6, 6.07) is 13.1. The van der Waals surface area contributed by atoms with Crippen LogP contribution in [0.1, 0.15) is 33.5 Å². The van der Waals surface area contributed by atoms with Crippen molar-refractivity contribution >= 4 is 22.6 Å². The van der Waals surface area contributed by atoms with Crippen LogP contribution in [0.4, 0.5) is 0 Å². The zero-order valence-electron chi connectivity index (χ0n) is 19.0. The lowest BCUT2D eigenvalue weighted by atomic mass is 10.1. The summed E-state index contributed by atoms with van der Waals surface area (Å²) in [5.41, 5.74) is 3.74. The average molecular weight is 446 g/mol. The Labute approximate surface area is 191 Å². The number of fused-ring (bicyclic) bond motifs is 2. The van der Waals surface area contributed by atoms with E-state index in [9.17, 15) is 9.59 Å². The van der Waals surface area contributed by atoms with Crippen LogP contribution in [0.3, 0.4) is 0 Å². The van der Waals surface area contributed by atoms with Gasteiger partial charge in [0.2, 0.25) is 0 Å². The van der Waals surface area contributed by atoms with Gasteiger partial charge in [0.05, 0.1) is 17.5 Å². The predicted octanol–water partition coefficient (Wildman–Crippen LogP) is 2.56. The van der Waals surface area contributed by atoms with Gasteiger partial charge in [-0.3, -0.25) is 19.4 Å². The molecule has 0 saturated carbocycles. The van der Waals surface area contributed by atoms with Gasteiger partial charge in [0.1, 0.15) is 16.8 Å². The van der Waals surface area contributed by atoms with Crippen LogP contribution in [0.5, 0.6) is 0 Å². The Bertz CT molecular complexity index is 1450. The third-order valence-corrected chi connectivity index (χ3v) is 5.57. The Morgan fingerprint density at radius 2 is 1.85 bits per heavy atom. The Morgan fingerprint density at radius 1 is 1.12 bits per heavy atom. The molecule has 0 aliphatic carbocycles. The first-order valence-electron chi connectivity index (χ1n) is 10.8. The number of carbonyl (C=O) groups is 1. The van der Waals surface area contributed by atoms with Crippen molar-refractivity contribution in [3.05, 3.63) is 86.8 Å². The number of benzene rings is 1. The van der Waals surface area contributed by atoms with Gasteiger partial charge in [-0.15, -0.1) is 0 Å². The van der Waals surface area contributed by atoms with Gasteiger partial charge in [-0.05, 0) is 43.5 Å². The molecule has 0 radical (unpaired) electrons. The van der Waals surface area contributed by atoms with E-state index in [1.807, 2.05) is 44.2 Å². The topological polar surface area (TPSA) is 101 Å². The minimum absolute atomic E-state index is 0.00989. The first-order valence-corrected chi connectivity index (χ1v) is 10.8. The summed E-state index contributed by atoms with van der Waals surface area (Å²) in [6.45, 7) is 5.16. The molecule has 0 aliphatic heterocycles. The minimum Gasteiger partial charge on any atom is -0.385 e. The molecule has 33 heavy (non-hydrogen) atoms. The zero-order chi connectivity index (χ0) is 23.5. The van der Waals surface area contributed by atoms with Crippen LogP contribution in [-0.2, 0) is 11.3 Å². The molecule has 0 aliphatic rings. The number of hydrogen-bond acceptors (Lipinski definition) is 5. The fraction of sp³-hybridized carbons (Fsp3) is 0.280. The largest absolute Gasteiger partial charge is 0.385 e. The number of pyridine rings is 2. The maximum atomic E-state index is 13.4. The molecule has 0 saturated heterocycles. The van der Waals surface area contributed by atoms with Crippen LogP contribution in [-0.4, -0.2) is 40.1 Å². The van der Waals surface area contributed by atoms with Gasteiger partial charge < -0.3 is 14.6 Å². The van der Waals surface area contributed by atoms with Crippen LogP contribution in [0.2, 0.25) is 0 Å². The second kappa shape index (κ2) is 9.38. The molecule has 1 aromatic carbocycles. The Hall–Kier alpha value is -3.78. The summed E-state index contributed by atoms with van der Waals surface area (Å²) in [5.74, 6) is -0.399. The molecule has 4 aromatic rings. The van der Waals surface area contributed by atoms with Crippen LogP contribution >= 0.6 is 0 Å². The highest BCUT2D eigenvalue weighted by molar-refractivity contribution is 5.96. The van der Waals surface area contributed by atoms with Crippen molar-refractivity contribution in [1.29, 1.82) is 5.41 Å². The summed E-state index contributed by atoms with van der Waals surface area (Å²) >= 11 is 0. The number of nitrogens with one attached hydrogen (secondary N) is 2. The molecule has 0 atom stereocenters. The molecule has 2 N–H and O–H groups in total. The molecule has 0 spiro atoms. The molecule has 0 unspecified atom stereocenters. The maximum absolute atomic E-state index is 13.4. The molecule has 0 fully saturated rings. The third-order valence-electron chi connectivity index (χ3n) is 5.57. The number of aromatic nitrogens is 3. The van der Waals surface area contributed by atoms with Crippen molar-refractivity contribution in [3.63, 3.8) is 0 Å². The van der Waals surface area contributed by atoms with E-state index in [-0.39, 0.29) is 16.6 Å². The van der Waals surface area contributed by atoms with Crippen molar-refractivity contribution in [2.45, 2.75) is 26.8 Å². The Kier molecular flexibility index (Phi) is 6.37. The standard InChI is InChI=1S/C25H27N5O3/c1-16-5-8-18(9-6-16)15-30-22(26)19(24(31)27-11-4-12-33-3)13-20-23(30)28-21-10-7-17(2)14-29(21)25(20)32/h5-10,13-14,26H,4,11-12,15H2,1-3H3,(H,27,31). The van der Waals surface area contributed by atoms with Crippen LogP contribution in [0.15, 0.2) is 53.5 Å². The lowest BCUT2D eigenvalue weighted by Crippen LogP contribution is -2.35. The highest BCUT2D eigenvalue weighted by atomic mass is 16.5. The number of rotatable bonds is 7. The molecule has 3 aromatic heterocycles. The second-order valence-electron chi connectivity index (χ2n) is 8.17. The predicted molar refractivity (Wildman–Crippen MR) is 127 cm³/mol. The average Bonchev–Trinajstić information content (AvgIpc) is 2.80. The molecule has 8 heteroatoms. The lowest BCUT2D eigenvalue weighted by molar-refractivity contribution is 0.0946. The zero-order valence-corrected chi connectivity index (χ0v) is 19.0. The SMILES string of the molecule is COCCCNC(=O)c1cc2c(=O)n3cc(C)ccc3nc2n(Cc2ccc(C)cc2)c1=N. The molecule has 170 valence electrons. The summed E-state index contributed by atoms with van der Waals surface area (Å²) in [7, 11) is 1.60. The van der Waals surface area contributed by atoms with Crippen LogP contribution in [0, 0.1) is 19.3 Å². The van der Waals surface area contributed by atoms with E-state index in [4.69, 9.17) is 15.1 Å². The minimum atomic E-state index is -0.399. The number of nitrogens with zero attached hydrogens (tertiary/aromatic N) is 3. The van der Waals surface area contributed by atoms with Crippen molar-refractivity contribution in [3.8, 4) is 0 Å². The van der Waals surface area contributed by atoms with Gasteiger partial charge in [0, 0.05) is 26.5 Å². The number of amides is 1. The number of hydrogen-bond donors (Lipinski definition) is 2. The lowest BCUT2D eigenvalue weighted by Gasteiger charge is -2.15. The molecule has 8 nitrogen and oxygen atoms in total. The molecule has 3 heterocycles. The highest BCUT2D eigenvalue weighted by Crippen LogP contribution is 2.13. The van der Waals surface area contributed by atoms with Gasteiger partial charge in [-0.25, -0.2) is 4.98 Å². The first-order chi connectivity index (χ1) is 15.9. The summed E-state index contributed by atoms with van der Waals surface area (Å²) in [4.78, 5) is 31.0. The monoisotopic (exact) mass is 445 g/mol. The summed E-state index contributed by atoms with van der Waals surface area (Å²) < 4.78 is 8.14. The Balaban J connectivity index is 1.91. The van der Waals surface area contributed by atoms with Crippen LogP contribution < -0.4 is 16.4 Å². The number of methoxy groups -OCH3 is 1. The summed E-state index contributed by atoms with van der Waals surface area (Å²) in [6.07, 6.45) is 2.38. The number of ether oxygens (including phenoxy) is 1. The molecular formula is C25H27N5O3. The second-order valence-corrected chi connectivity index (χ2v) is 8.17. The van der Waals surface area contributed by atoms with E-state index < -0.39 is 5.91 Å². The van der Waals surface area contributed by atoms with Gasteiger partial charge in [-0.1, -0.05) is 35.9 Å². The number of carbonyl (C=O) groups excluding carboxylic acids is 1. The molecule has 0 bridgehead atoms. The maximum Gasteiger partial charge on any atom is 0.267 e. The quantitative estimate of drug-likeness (QED) is 0.337. The Morgan fingerprint density at radius 3 is 2.58 bits per heavy atom. The molecular weight excluding hydrogens is 418 g/mol. The first kappa shape index (κ1) is 22.4. The fourth-order valence-electron chi connectivity index (χ4n) is 3.76. The van der Waals surface area contributed by atoms with Crippen molar-refractivity contribution in [2.24, 2.45) is 0 Å². The van der Waals surface area contributed by atoms with E-state index in [1.54, 1.807) is 23.9 Å². The van der Waals surface area contributed by atoms with Gasteiger partial charge >= 0.3 is 0 Å². The van der Waals surface area contributed by atoms with Crippen molar-refractivity contribution in [1.82, 2.24) is 19.3 Å². The van der Waals surface area contributed by atoms with Gasteiger partial charge in [0.15, 0.2) is 0 Å². The van der Waals surface area contributed by atoms with Gasteiger partial charge in [-0.2, -0.15) is 0 Å². The highest BCUT2D eigenvalue weighted by Gasteiger charge is 2.17. The van der Waals surface area contributed by atoms with E-state index in [0.717, 1.165) is 16.7 Å². The van der Waals surface area contributed by atoms with Crippen LogP contribution in [0.25, 0.3) is 16.7 Å². The molecule has 4 rings (SSSR count). The van der Waals surface area contributed by atoms with E-state index in [1.165, 1.54) is 10.5 Å². The van der Waals surface area contributed by atoms with E-state index in [0.29, 0.717) is 42.8 Å². The van der Waals surface area contributed by atoms with Gasteiger partial charge in [0.25, 0.3) is 11.5 Å².